The summed E-state index contributed by atoms with van der Waals surface area (Å²) in [4.78, 5) is 12.6. The van der Waals surface area contributed by atoms with E-state index in [1.807, 2.05) is 48.5 Å². The van der Waals surface area contributed by atoms with Crippen molar-refractivity contribution < 1.29 is 18.5 Å². The van der Waals surface area contributed by atoms with Crippen molar-refractivity contribution in [3.05, 3.63) is 0 Å². The lowest BCUT2D eigenvalue weighted by molar-refractivity contribution is -0.156. The Morgan fingerprint density at radius 3 is 1.91 bits per heavy atom. The van der Waals surface area contributed by atoms with E-state index in [2.05, 4.69) is 13.8 Å². The monoisotopic (exact) mass is 350 g/mol. The maximum Gasteiger partial charge on any atom is 0.166 e. The second-order valence-corrected chi connectivity index (χ2v) is 11.8. The number of rotatable bonds is 10. The minimum Gasteiger partial charge on any atom is -0.371 e. The van der Waals surface area contributed by atoms with E-state index < -0.39 is 20.9 Å². The van der Waals surface area contributed by atoms with Crippen molar-refractivity contribution in [1.29, 1.82) is 0 Å². The molecule has 0 aromatic carbocycles. The van der Waals surface area contributed by atoms with Crippen molar-refractivity contribution in [1.82, 2.24) is 0 Å². The number of carbonyl (C=O) groups is 1. The van der Waals surface area contributed by atoms with E-state index in [9.17, 15) is 9.00 Å². The number of ether oxygens (including phenoxy) is 2. The molecule has 0 aromatic rings. The van der Waals surface area contributed by atoms with Crippen LogP contribution >= 0.6 is 0 Å². The Balaban J connectivity index is 5.08. The minimum atomic E-state index is -2.43. The summed E-state index contributed by atoms with van der Waals surface area (Å²) in [6.07, 6.45) is 1.81. The Kier molecular flexibility index (Phi) is 8.12. The largest absolute Gasteiger partial charge is 0.371 e. The quantitative estimate of drug-likeness (QED) is 0.613. The van der Waals surface area contributed by atoms with Gasteiger partial charge in [0.15, 0.2) is 5.78 Å². The Hall–Kier alpha value is -0.260. The van der Waals surface area contributed by atoms with Gasteiger partial charge in [-0.3, -0.25) is 9.00 Å². The van der Waals surface area contributed by atoms with Crippen LogP contribution in [-0.4, -0.2) is 45.7 Å². The molecule has 0 aliphatic heterocycles. The molecule has 0 N–H and O–H groups in total. The summed E-state index contributed by atoms with van der Waals surface area (Å²) in [5.41, 5.74) is -1.83. The van der Waals surface area contributed by atoms with E-state index >= 15 is 0 Å². The van der Waals surface area contributed by atoms with Crippen LogP contribution in [0.5, 0.6) is 0 Å². The van der Waals surface area contributed by atoms with Gasteiger partial charge >= 0.3 is 0 Å². The van der Waals surface area contributed by atoms with Crippen LogP contribution in [0.1, 0.15) is 62.3 Å². The second kappa shape index (κ2) is 8.21. The highest BCUT2D eigenvalue weighted by atomic mass is 32.2. The number of hydrogen-bond acceptors (Lipinski definition) is 4. The van der Waals surface area contributed by atoms with E-state index in [-0.39, 0.29) is 23.9 Å². The first-order valence-electron chi connectivity index (χ1n) is 8.52. The molecule has 0 aromatic heterocycles. The summed E-state index contributed by atoms with van der Waals surface area (Å²) in [7, 11) is -2.43. The van der Waals surface area contributed by atoms with Gasteiger partial charge in [0, 0.05) is 5.75 Å². The molecule has 140 valence electrons. The third kappa shape index (κ3) is 6.63. The van der Waals surface area contributed by atoms with Crippen molar-refractivity contribution >= 4 is 15.7 Å². The highest BCUT2D eigenvalue weighted by molar-refractivity contribution is 8.02. The highest BCUT2D eigenvalue weighted by Gasteiger charge is 2.45. The first-order chi connectivity index (χ1) is 10.1. The third-order valence-electron chi connectivity index (χ3n) is 4.71. The van der Waals surface area contributed by atoms with Crippen molar-refractivity contribution in [2.75, 3.05) is 18.6 Å². The SMILES string of the molecule is CC(C)C[SH](C)(=O)C(C)OC(C)(C)C(C)(C)C(=O)COC(C)C. The molecule has 0 rings (SSSR count). The minimum absolute atomic E-state index is 0.00167. The fourth-order valence-electron chi connectivity index (χ4n) is 2.32. The molecule has 0 fully saturated rings. The Bertz CT molecular complexity index is 438. The Labute approximate surface area is 144 Å². The van der Waals surface area contributed by atoms with Crippen molar-refractivity contribution in [3.8, 4) is 0 Å². The summed E-state index contributed by atoms with van der Waals surface area (Å²) in [5.74, 6) is 1.00. The van der Waals surface area contributed by atoms with Crippen LogP contribution in [0.2, 0.25) is 0 Å². The maximum absolute atomic E-state index is 12.9. The molecule has 0 spiro atoms. The van der Waals surface area contributed by atoms with Crippen LogP contribution in [0, 0.1) is 11.3 Å². The summed E-state index contributed by atoms with van der Waals surface area (Å²) < 4.78 is 24.5. The van der Waals surface area contributed by atoms with Gasteiger partial charge in [-0.05, 0) is 46.8 Å². The molecule has 0 heterocycles. The lowest BCUT2D eigenvalue weighted by atomic mass is 9.74. The van der Waals surface area contributed by atoms with Crippen molar-refractivity contribution in [2.45, 2.75) is 79.5 Å². The molecule has 5 heteroatoms. The first-order valence-corrected chi connectivity index (χ1v) is 10.9. The smallest absolute Gasteiger partial charge is 0.166 e. The van der Waals surface area contributed by atoms with E-state index in [0.717, 1.165) is 0 Å². The van der Waals surface area contributed by atoms with Gasteiger partial charge in [0.2, 0.25) is 0 Å². The molecule has 1 unspecified atom stereocenters. The van der Waals surface area contributed by atoms with Gasteiger partial charge in [0.05, 0.1) is 17.1 Å². The second-order valence-electron chi connectivity index (χ2n) is 8.39. The van der Waals surface area contributed by atoms with Gasteiger partial charge in [-0.15, -0.1) is 0 Å². The van der Waals surface area contributed by atoms with Gasteiger partial charge in [-0.1, -0.05) is 37.6 Å². The predicted octanol–water partition coefficient (Wildman–Crippen LogP) is 3.45. The number of carbonyl (C=O) groups excluding carboxylic acids is 1. The summed E-state index contributed by atoms with van der Waals surface area (Å²) in [5, 5.41) is 0. The molecule has 0 saturated heterocycles. The van der Waals surface area contributed by atoms with Crippen molar-refractivity contribution in [2.24, 2.45) is 11.3 Å². The van der Waals surface area contributed by atoms with Crippen LogP contribution in [0.25, 0.3) is 0 Å². The molecular weight excluding hydrogens is 312 g/mol. The van der Waals surface area contributed by atoms with Crippen LogP contribution < -0.4 is 0 Å². The lowest BCUT2D eigenvalue weighted by Gasteiger charge is -2.44. The zero-order chi connectivity index (χ0) is 18.6. The molecule has 0 bridgehead atoms. The normalized spacial score (nSPS) is 16.0. The standard InChI is InChI=1S/C18H38O4S/c1-13(2)12-23(10,20)15(5)22-18(8,9)17(6,7)16(19)11-21-14(3)4/h13-15,23H,11-12H2,1-10H3. The number of ketones is 1. The molecule has 0 saturated carbocycles. The molecular formula is C18H38O4S. The van der Waals surface area contributed by atoms with Gasteiger partial charge in [0.1, 0.15) is 12.0 Å². The first kappa shape index (κ1) is 22.7. The molecule has 0 radical (unpaired) electrons. The fraction of sp³-hybridized carbons (Fsp3) is 0.944. The molecule has 0 amide bonds. The Morgan fingerprint density at radius 1 is 1.04 bits per heavy atom. The highest BCUT2D eigenvalue weighted by Crippen LogP contribution is 2.37. The van der Waals surface area contributed by atoms with E-state index in [4.69, 9.17) is 9.47 Å². The fourth-order valence-corrected chi connectivity index (χ4v) is 4.55. The molecule has 0 aliphatic carbocycles. The van der Waals surface area contributed by atoms with Crippen LogP contribution in [0.3, 0.4) is 0 Å². The molecule has 4 nitrogen and oxygen atoms in total. The third-order valence-corrected chi connectivity index (χ3v) is 7.81. The number of hydrogen-bond donors (Lipinski definition) is 1. The molecule has 23 heavy (non-hydrogen) atoms. The lowest BCUT2D eigenvalue weighted by Crippen LogP contribution is -2.51. The van der Waals surface area contributed by atoms with Crippen LogP contribution in [0.15, 0.2) is 0 Å². The zero-order valence-corrected chi connectivity index (χ0v) is 17.6. The van der Waals surface area contributed by atoms with Gasteiger partial charge in [-0.2, -0.15) is 0 Å². The maximum atomic E-state index is 12.9. The van der Waals surface area contributed by atoms with E-state index in [1.165, 1.54) is 0 Å². The van der Waals surface area contributed by atoms with Crippen LogP contribution in [-0.2, 0) is 24.2 Å². The molecule has 1 atom stereocenters. The summed E-state index contributed by atoms with van der Waals surface area (Å²) >= 11 is 0. The Morgan fingerprint density at radius 2 is 1.52 bits per heavy atom. The number of thiol groups is 1. The van der Waals surface area contributed by atoms with E-state index in [0.29, 0.717) is 11.7 Å². The summed E-state index contributed by atoms with van der Waals surface area (Å²) in [6.45, 7) is 17.4. The van der Waals surface area contributed by atoms with Gasteiger partial charge in [-0.25, -0.2) is 0 Å². The topological polar surface area (TPSA) is 52.6 Å². The van der Waals surface area contributed by atoms with E-state index in [1.54, 1.807) is 6.26 Å². The molecule has 0 aliphatic rings. The summed E-state index contributed by atoms with van der Waals surface area (Å²) in [6, 6.07) is 0. The zero-order valence-electron chi connectivity index (χ0n) is 16.7. The number of Topliss-reactive ketones (excluding diaryl/α,β-unsaturated/α-hetero) is 1. The van der Waals surface area contributed by atoms with Crippen molar-refractivity contribution in [3.63, 3.8) is 0 Å². The predicted molar refractivity (Wildman–Crippen MR) is 99.7 cm³/mol. The van der Waals surface area contributed by atoms with Crippen LogP contribution in [0.4, 0.5) is 0 Å². The van der Waals surface area contributed by atoms with Gasteiger partial charge in [0.25, 0.3) is 0 Å². The average molecular weight is 351 g/mol. The average Bonchev–Trinajstić information content (AvgIpc) is 2.33. The van der Waals surface area contributed by atoms with Gasteiger partial charge < -0.3 is 9.47 Å².